The van der Waals surface area contributed by atoms with Crippen LogP contribution in [0.2, 0.25) is 0 Å². The van der Waals surface area contributed by atoms with E-state index in [9.17, 15) is 0 Å². The van der Waals surface area contributed by atoms with E-state index in [1.54, 1.807) is 0 Å². The molecule has 0 bridgehead atoms. The maximum Gasteiger partial charge on any atom is 0.173 e. The van der Waals surface area contributed by atoms with Crippen LogP contribution in [0.4, 0.5) is 0 Å². The average Bonchev–Trinajstić information content (AvgIpc) is 2.84. The Balaban J connectivity index is 1.38. The van der Waals surface area contributed by atoms with Crippen molar-refractivity contribution in [2.45, 2.75) is 45.1 Å². The molecular formula is C30H34N2+2. The van der Waals surface area contributed by atoms with Crippen LogP contribution in [-0.4, -0.2) is 0 Å². The van der Waals surface area contributed by atoms with Crippen LogP contribution in [0, 0.1) is 0 Å². The van der Waals surface area contributed by atoms with Crippen LogP contribution in [0.5, 0.6) is 0 Å². The Morgan fingerprint density at radius 1 is 0.688 bits per heavy atom. The summed E-state index contributed by atoms with van der Waals surface area (Å²) in [6.07, 6.45) is 10.9. The minimum absolute atomic E-state index is 0.550. The first-order chi connectivity index (χ1) is 15.6. The number of rotatable bonds is 8. The molecule has 0 fully saturated rings. The Hall–Kier alpha value is -3.26. The lowest BCUT2D eigenvalue weighted by Gasteiger charge is -2.20. The van der Waals surface area contributed by atoms with Crippen molar-refractivity contribution in [1.82, 2.24) is 0 Å². The van der Waals surface area contributed by atoms with Gasteiger partial charge in [-0.15, -0.1) is 0 Å². The molecule has 4 aromatic rings. The van der Waals surface area contributed by atoms with E-state index in [1.165, 1.54) is 40.7 Å². The fourth-order valence-electron chi connectivity index (χ4n) is 4.44. The first-order valence-electron chi connectivity index (χ1n) is 11.7. The predicted octanol–water partition coefficient (Wildman–Crippen LogP) is 6.20. The molecule has 0 amide bonds. The number of aromatic nitrogens is 2. The normalized spacial score (nSPS) is 13.0. The Morgan fingerprint density at radius 2 is 1.28 bits per heavy atom. The van der Waals surface area contributed by atoms with E-state index in [1.807, 2.05) is 7.05 Å². The summed E-state index contributed by atoms with van der Waals surface area (Å²) in [5, 5.41) is 0. The number of nitrogens with zero attached hydrogens (tertiary/aromatic N) is 2. The zero-order chi connectivity index (χ0) is 22.3. The van der Waals surface area contributed by atoms with Crippen molar-refractivity contribution in [3.8, 4) is 11.1 Å². The summed E-state index contributed by atoms with van der Waals surface area (Å²) in [6, 6.07) is 28.8. The smallest absolute Gasteiger partial charge is 0.173 e. The van der Waals surface area contributed by atoms with Crippen LogP contribution in [0.3, 0.4) is 0 Å². The number of pyridine rings is 2. The van der Waals surface area contributed by atoms with E-state index in [2.05, 4.69) is 127 Å². The van der Waals surface area contributed by atoms with Gasteiger partial charge in [0.1, 0.15) is 7.05 Å². The van der Waals surface area contributed by atoms with Crippen molar-refractivity contribution in [2.75, 3.05) is 0 Å². The molecule has 2 heterocycles. The standard InChI is InChI=1S/C30H34N2/c1-4-26(28-8-6-5-7-9-28)22-24(2)27-12-10-25(11-13-27)23-32-20-16-30(17-21-32)29-14-18-31(3)19-15-29/h5-21,24,26H,4,22-23H2,1-3H3/q+2. The molecule has 2 aromatic heterocycles. The lowest BCUT2D eigenvalue weighted by molar-refractivity contribution is -0.688. The maximum atomic E-state index is 2.36. The second-order valence-electron chi connectivity index (χ2n) is 8.91. The van der Waals surface area contributed by atoms with Gasteiger partial charge in [-0.2, -0.15) is 0 Å². The summed E-state index contributed by atoms with van der Waals surface area (Å²) in [5.41, 5.74) is 6.72. The highest BCUT2D eigenvalue weighted by Gasteiger charge is 2.15. The minimum Gasteiger partial charge on any atom is -0.208 e. The topological polar surface area (TPSA) is 7.76 Å². The first kappa shape index (κ1) is 22.0. The summed E-state index contributed by atoms with van der Waals surface area (Å²) < 4.78 is 4.30. The van der Waals surface area contributed by atoms with Crippen LogP contribution in [0.1, 0.15) is 55.2 Å². The van der Waals surface area contributed by atoms with Crippen LogP contribution in [-0.2, 0) is 13.6 Å². The second kappa shape index (κ2) is 10.4. The third kappa shape index (κ3) is 5.50. The molecule has 0 radical (unpaired) electrons. The van der Waals surface area contributed by atoms with Gasteiger partial charge in [-0.1, -0.05) is 68.4 Å². The Bertz CT molecular complexity index is 1100. The van der Waals surface area contributed by atoms with Gasteiger partial charge < -0.3 is 0 Å². The predicted molar refractivity (Wildman–Crippen MR) is 131 cm³/mol. The highest BCUT2D eigenvalue weighted by atomic mass is 14.9. The van der Waals surface area contributed by atoms with Gasteiger partial charge in [-0.3, -0.25) is 0 Å². The van der Waals surface area contributed by atoms with Gasteiger partial charge in [0.05, 0.1) is 0 Å². The largest absolute Gasteiger partial charge is 0.208 e. The van der Waals surface area contributed by atoms with Gasteiger partial charge in [0.2, 0.25) is 0 Å². The molecular weight excluding hydrogens is 388 g/mol. The molecule has 162 valence electrons. The quantitative estimate of drug-likeness (QED) is 0.299. The molecule has 2 unspecified atom stereocenters. The zero-order valence-electron chi connectivity index (χ0n) is 19.5. The Labute approximate surface area is 192 Å². The first-order valence-corrected chi connectivity index (χ1v) is 11.7. The van der Waals surface area contributed by atoms with Crippen LogP contribution in [0.25, 0.3) is 11.1 Å². The Kier molecular flexibility index (Phi) is 7.11. The van der Waals surface area contributed by atoms with Crippen LogP contribution >= 0.6 is 0 Å². The van der Waals surface area contributed by atoms with Gasteiger partial charge in [-0.05, 0) is 46.9 Å². The summed E-state index contributed by atoms with van der Waals surface area (Å²) in [7, 11) is 2.04. The molecule has 0 N–H and O–H groups in total. The van der Waals surface area contributed by atoms with Gasteiger partial charge in [0.15, 0.2) is 31.3 Å². The van der Waals surface area contributed by atoms with E-state index >= 15 is 0 Å². The fourth-order valence-corrected chi connectivity index (χ4v) is 4.44. The van der Waals surface area contributed by atoms with Gasteiger partial charge >= 0.3 is 0 Å². The van der Waals surface area contributed by atoms with E-state index in [4.69, 9.17) is 0 Å². The van der Waals surface area contributed by atoms with E-state index in [-0.39, 0.29) is 0 Å². The van der Waals surface area contributed by atoms with Crippen molar-refractivity contribution >= 4 is 0 Å². The lowest BCUT2D eigenvalue weighted by atomic mass is 9.84. The van der Waals surface area contributed by atoms with E-state index in [0.29, 0.717) is 11.8 Å². The highest BCUT2D eigenvalue weighted by Crippen LogP contribution is 2.32. The number of hydrogen-bond acceptors (Lipinski definition) is 0. The summed E-state index contributed by atoms with van der Waals surface area (Å²) in [5.74, 6) is 1.17. The molecule has 0 saturated heterocycles. The van der Waals surface area contributed by atoms with Crippen molar-refractivity contribution in [2.24, 2.45) is 7.05 Å². The van der Waals surface area contributed by atoms with E-state index < -0.39 is 0 Å². The maximum absolute atomic E-state index is 2.36. The zero-order valence-corrected chi connectivity index (χ0v) is 19.5. The van der Waals surface area contributed by atoms with Crippen LogP contribution < -0.4 is 9.13 Å². The monoisotopic (exact) mass is 422 g/mol. The van der Waals surface area contributed by atoms with Crippen molar-refractivity contribution in [3.05, 3.63) is 120 Å². The Morgan fingerprint density at radius 3 is 1.88 bits per heavy atom. The summed E-state index contributed by atoms with van der Waals surface area (Å²) in [6.45, 7) is 5.55. The number of hydrogen-bond donors (Lipinski definition) is 0. The third-order valence-corrected chi connectivity index (χ3v) is 6.52. The third-order valence-electron chi connectivity index (χ3n) is 6.52. The molecule has 2 aromatic carbocycles. The second-order valence-corrected chi connectivity index (χ2v) is 8.91. The minimum atomic E-state index is 0.550. The van der Waals surface area contributed by atoms with Gasteiger partial charge in [0.25, 0.3) is 0 Å². The molecule has 4 rings (SSSR count). The SMILES string of the molecule is CCC(CC(C)c1ccc(C[n+]2ccc(-c3cc[n+](C)cc3)cc2)cc1)c1ccccc1. The van der Waals surface area contributed by atoms with Crippen LogP contribution in [0.15, 0.2) is 104 Å². The van der Waals surface area contributed by atoms with Crippen molar-refractivity contribution in [1.29, 1.82) is 0 Å². The summed E-state index contributed by atoms with van der Waals surface area (Å²) >= 11 is 0. The number of aryl methyl sites for hydroxylation is 1. The highest BCUT2D eigenvalue weighted by molar-refractivity contribution is 5.60. The molecule has 2 atom stereocenters. The van der Waals surface area contributed by atoms with Gasteiger partial charge in [-0.25, -0.2) is 9.13 Å². The molecule has 2 nitrogen and oxygen atoms in total. The van der Waals surface area contributed by atoms with Crippen molar-refractivity contribution in [3.63, 3.8) is 0 Å². The molecule has 0 aliphatic heterocycles. The molecule has 2 heteroatoms. The molecule has 0 aliphatic rings. The lowest BCUT2D eigenvalue weighted by Crippen LogP contribution is -2.33. The molecule has 0 spiro atoms. The van der Waals surface area contributed by atoms with Gasteiger partial charge in [0, 0.05) is 29.8 Å². The number of benzene rings is 2. The molecule has 32 heavy (non-hydrogen) atoms. The summed E-state index contributed by atoms with van der Waals surface area (Å²) in [4.78, 5) is 0. The fraction of sp³-hybridized carbons (Fsp3) is 0.267. The van der Waals surface area contributed by atoms with E-state index in [0.717, 1.165) is 6.54 Å². The average molecular weight is 423 g/mol. The molecule has 0 aliphatic carbocycles. The molecule has 0 saturated carbocycles. The van der Waals surface area contributed by atoms with Crippen molar-refractivity contribution < 1.29 is 9.13 Å².